The van der Waals surface area contributed by atoms with Crippen LogP contribution in [0.25, 0.3) is 10.9 Å². The van der Waals surface area contributed by atoms with Gasteiger partial charge < -0.3 is 20.1 Å². The van der Waals surface area contributed by atoms with E-state index >= 15 is 0 Å². The Labute approximate surface area is 198 Å². The summed E-state index contributed by atoms with van der Waals surface area (Å²) in [6.45, 7) is 9.51. The summed E-state index contributed by atoms with van der Waals surface area (Å²) < 4.78 is 11.4. The number of fused-ring (bicyclic) bond motifs is 1. The van der Waals surface area contributed by atoms with Gasteiger partial charge in [-0.15, -0.1) is 0 Å². The molecule has 3 aromatic rings. The molecule has 2 N–H and O–H groups in total. The molecule has 0 aliphatic heterocycles. The summed E-state index contributed by atoms with van der Waals surface area (Å²) in [5.74, 6) is 0.557. The average Bonchev–Trinajstić information content (AvgIpc) is 2.74. The Morgan fingerprint density at radius 3 is 2.44 bits per heavy atom. The monoisotopic (exact) mass is 466 g/mol. The number of amides is 1. The Balaban J connectivity index is 1.84. The van der Waals surface area contributed by atoms with Gasteiger partial charge >= 0.3 is 11.8 Å². The lowest BCUT2D eigenvalue weighted by atomic mass is 10.1. The van der Waals surface area contributed by atoms with E-state index in [1.165, 1.54) is 6.20 Å². The fourth-order valence-electron chi connectivity index (χ4n) is 3.24. The number of carbonyl (C=O) groups is 1. The van der Waals surface area contributed by atoms with Crippen LogP contribution in [0.15, 0.2) is 54.7 Å². The Hall–Kier alpha value is -3.88. The maximum absolute atomic E-state index is 12.2. The van der Waals surface area contributed by atoms with Crippen molar-refractivity contribution in [2.24, 2.45) is 0 Å². The second-order valence-electron chi connectivity index (χ2n) is 9.61. The van der Waals surface area contributed by atoms with E-state index in [4.69, 9.17) is 9.47 Å². The highest BCUT2D eigenvalue weighted by molar-refractivity contribution is 5.96. The van der Waals surface area contributed by atoms with Crippen molar-refractivity contribution in [3.63, 3.8) is 0 Å². The van der Waals surface area contributed by atoms with E-state index in [-0.39, 0.29) is 17.9 Å². The number of benzene rings is 2. The summed E-state index contributed by atoms with van der Waals surface area (Å²) in [5.41, 5.74) is 0.294. The molecule has 2 aromatic carbocycles. The lowest BCUT2D eigenvalue weighted by Gasteiger charge is -2.29. The Bertz CT molecular complexity index is 1170. The Morgan fingerprint density at radius 1 is 1.09 bits per heavy atom. The second kappa shape index (κ2) is 9.94. The summed E-state index contributed by atoms with van der Waals surface area (Å²) >= 11 is 0. The summed E-state index contributed by atoms with van der Waals surface area (Å²) in [5, 5.41) is 18.1. The summed E-state index contributed by atoms with van der Waals surface area (Å²) in [4.78, 5) is 27.7. The Morgan fingerprint density at radius 2 is 1.79 bits per heavy atom. The minimum atomic E-state index is -0.944. The molecular weight excluding hydrogens is 436 g/mol. The van der Waals surface area contributed by atoms with Crippen molar-refractivity contribution in [2.75, 3.05) is 11.9 Å². The highest BCUT2D eigenvalue weighted by Crippen LogP contribution is 2.34. The number of nitrogens with one attached hydrogen (secondary N) is 2. The van der Waals surface area contributed by atoms with Gasteiger partial charge in [-0.05, 0) is 58.4 Å². The zero-order valence-corrected chi connectivity index (χ0v) is 20.0. The van der Waals surface area contributed by atoms with Crippen molar-refractivity contribution >= 4 is 28.4 Å². The van der Waals surface area contributed by atoms with Crippen LogP contribution in [0.2, 0.25) is 0 Å². The van der Waals surface area contributed by atoms with E-state index in [0.29, 0.717) is 23.3 Å². The smallest absolute Gasteiger partial charge is 0.408 e. The topological polar surface area (TPSA) is 116 Å². The number of hydrogen-bond acceptors (Lipinski definition) is 7. The van der Waals surface area contributed by atoms with Crippen LogP contribution < -0.4 is 15.4 Å². The molecule has 0 radical (unpaired) electrons. The minimum Gasteiger partial charge on any atom is -0.489 e. The zero-order valence-electron chi connectivity index (χ0n) is 20.0. The highest BCUT2D eigenvalue weighted by atomic mass is 16.6. The van der Waals surface area contributed by atoms with Gasteiger partial charge in [0.05, 0.1) is 17.0 Å². The second-order valence-corrected chi connectivity index (χ2v) is 9.61. The van der Waals surface area contributed by atoms with Crippen molar-refractivity contribution in [2.45, 2.75) is 52.4 Å². The number of alkyl carbamates (subject to hydrolysis) is 1. The van der Waals surface area contributed by atoms with Gasteiger partial charge in [0.25, 0.3) is 0 Å². The number of carbonyl (C=O) groups excluding carboxylic acids is 1. The van der Waals surface area contributed by atoms with Crippen LogP contribution in [0.1, 0.15) is 40.2 Å². The minimum absolute atomic E-state index is 0.139. The summed E-state index contributed by atoms with van der Waals surface area (Å²) in [6.07, 6.45) is 0.653. The third-order valence-electron chi connectivity index (χ3n) is 4.80. The maximum atomic E-state index is 12.2. The number of ether oxygens (including phenoxy) is 2. The first kappa shape index (κ1) is 24.8. The zero-order chi connectivity index (χ0) is 24.9. The number of nitro groups is 1. The predicted molar refractivity (Wildman–Crippen MR) is 131 cm³/mol. The van der Waals surface area contributed by atoms with Crippen LogP contribution >= 0.6 is 0 Å². The SMILES string of the molecule is CC(C)(C)NC(=O)OC(C)(C)CNc1c([N+](=O)[O-])cnc2ccc(OCc3ccccc3)cc12. The summed E-state index contributed by atoms with van der Waals surface area (Å²) in [6, 6.07) is 15.0. The molecule has 0 spiro atoms. The fourth-order valence-corrected chi connectivity index (χ4v) is 3.24. The normalized spacial score (nSPS) is 11.7. The lowest BCUT2D eigenvalue weighted by Crippen LogP contribution is -2.46. The quantitative estimate of drug-likeness (QED) is 0.335. The van der Waals surface area contributed by atoms with Crippen molar-refractivity contribution < 1.29 is 19.2 Å². The van der Waals surface area contributed by atoms with Crippen molar-refractivity contribution in [1.82, 2.24) is 10.3 Å². The van der Waals surface area contributed by atoms with Crippen LogP contribution in [0.5, 0.6) is 5.75 Å². The summed E-state index contributed by atoms with van der Waals surface area (Å²) in [7, 11) is 0. The molecule has 180 valence electrons. The molecule has 34 heavy (non-hydrogen) atoms. The molecule has 1 aromatic heterocycles. The van der Waals surface area contributed by atoms with E-state index in [1.807, 2.05) is 51.1 Å². The van der Waals surface area contributed by atoms with Gasteiger partial charge in [-0.1, -0.05) is 30.3 Å². The highest BCUT2D eigenvalue weighted by Gasteiger charge is 2.27. The molecule has 0 bridgehead atoms. The third kappa shape index (κ3) is 6.81. The van der Waals surface area contributed by atoms with E-state index in [1.54, 1.807) is 32.0 Å². The first-order valence-electron chi connectivity index (χ1n) is 10.9. The number of pyridine rings is 1. The van der Waals surface area contributed by atoms with Gasteiger partial charge in [-0.3, -0.25) is 10.1 Å². The van der Waals surface area contributed by atoms with Gasteiger partial charge in [-0.25, -0.2) is 9.78 Å². The van der Waals surface area contributed by atoms with E-state index in [9.17, 15) is 14.9 Å². The van der Waals surface area contributed by atoms with Gasteiger partial charge in [0, 0.05) is 10.9 Å². The van der Waals surface area contributed by atoms with Crippen molar-refractivity contribution in [3.8, 4) is 5.75 Å². The van der Waals surface area contributed by atoms with Crippen molar-refractivity contribution in [1.29, 1.82) is 0 Å². The molecule has 0 aliphatic rings. The molecule has 0 fully saturated rings. The van der Waals surface area contributed by atoms with Gasteiger partial charge in [0.2, 0.25) is 0 Å². The van der Waals surface area contributed by atoms with E-state index in [0.717, 1.165) is 5.56 Å². The fraction of sp³-hybridized carbons (Fsp3) is 0.360. The van der Waals surface area contributed by atoms with Crippen LogP contribution in [0.3, 0.4) is 0 Å². The number of anilines is 1. The van der Waals surface area contributed by atoms with Gasteiger partial charge in [0.1, 0.15) is 29.8 Å². The number of rotatable bonds is 8. The predicted octanol–water partition coefficient (Wildman–Crippen LogP) is 5.44. The molecule has 0 saturated carbocycles. The molecule has 1 heterocycles. The molecule has 0 atom stereocenters. The first-order chi connectivity index (χ1) is 15.9. The molecule has 9 heteroatoms. The number of aromatic nitrogens is 1. The molecule has 3 rings (SSSR count). The number of hydrogen-bond donors (Lipinski definition) is 2. The largest absolute Gasteiger partial charge is 0.489 e. The van der Waals surface area contributed by atoms with Crippen LogP contribution in [0, 0.1) is 10.1 Å². The molecular formula is C25H30N4O5. The molecule has 0 saturated heterocycles. The van der Waals surface area contributed by atoms with E-state index < -0.39 is 22.2 Å². The molecule has 0 aliphatic carbocycles. The Kier molecular flexibility index (Phi) is 7.24. The lowest BCUT2D eigenvalue weighted by molar-refractivity contribution is -0.384. The molecule has 9 nitrogen and oxygen atoms in total. The van der Waals surface area contributed by atoms with Gasteiger partial charge in [0.15, 0.2) is 0 Å². The van der Waals surface area contributed by atoms with Crippen LogP contribution in [0.4, 0.5) is 16.2 Å². The number of nitrogens with zero attached hydrogens (tertiary/aromatic N) is 2. The average molecular weight is 467 g/mol. The van der Waals surface area contributed by atoms with Crippen LogP contribution in [-0.4, -0.2) is 33.7 Å². The standard InChI is InChI=1S/C25H30N4O5/c1-24(2,3)28-23(30)34-25(4,5)16-27-22-19-13-18(33-15-17-9-7-6-8-10-17)11-12-20(19)26-14-21(22)29(31)32/h6-14H,15-16H2,1-5H3,(H,26,27)(H,28,30). The van der Waals surface area contributed by atoms with Gasteiger partial charge in [-0.2, -0.15) is 0 Å². The first-order valence-corrected chi connectivity index (χ1v) is 10.9. The van der Waals surface area contributed by atoms with Crippen LogP contribution in [-0.2, 0) is 11.3 Å². The van der Waals surface area contributed by atoms with Crippen molar-refractivity contribution in [3.05, 3.63) is 70.4 Å². The van der Waals surface area contributed by atoms with E-state index in [2.05, 4.69) is 15.6 Å². The maximum Gasteiger partial charge on any atom is 0.408 e. The third-order valence-corrected chi connectivity index (χ3v) is 4.80. The molecule has 1 amide bonds. The molecule has 0 unspecified atom stereocenters.